The zero-order chi connectivity index (χ0) is 14.4. The lowest BCUT2D eigenvalue weighted by atomic mass is 10.1. The number of hydrogen-bond acceptors (Lipinski definition) is 1. The average Bonchev–Trinajstić information content (AvgIpc) is 2.26. The van der Waals surface area contributed by atoms with Gasteiger partial charge >= 0.3 is 6.18 Å². The zero-order valence-electron chi connectivity index (χ0n) is 8.90. The Bertz CT molecular complexity index is 634. The standard InChI is InChI=1S/C11H4Cl4F3N/c12-7-4-9(11(16,17)18)19-8-2-1-5(3-6(7)8)10(13,14)15/h1-4H. The quantitative estimate of drug-likeness (QED) is 0.554. The highest BCUT2D eigenvalue weighted by Crippen LogP contribution is 2.40. The number of alkyl halides is 6. The number of pyridine rings is 1. The molecule has 1 aromatic carbocycles. The third-order valence-electron chi connectivity index (χ3n) is 2.38. The molecular formula is C11H4Cl4F3N. The molecule has 0 aliphatic heterocycles. The number of benzene rings is 1. The SMILES string of the molecule is FC(F)(F)c1cc(Cl)c2cc(C(Cl)(Cl)Cl)ccc2n1. The van der Waals surface area contributed by atoms with Gasteiger partial charge in [-0.05, 0) is 18.2 Å². The van der Waals surface area contributed by atoms with Crippen molar-refractivity contribution in [1.82, 2.24) is 4.98 Å². The highest BCUT2D eigenvalue weighted by Gasteiger charge is 2.33. The number of nitrogens with zero attached hydrogens (tertiary/aromatic N) is 1. The average molecular weight is 349 g/mol. The summed E-state index contributed by atoms with van der Waals surface area (Å²) in [6.07, 6.45) is -4.56. The van der Waals surface area contributed by atoms with Crippen molar-refractivity contribution >= 4 is 57.3 Å². The Morgan fingerprint density at radius 1 is 1.00 bits per heavy atom. The predicted octanol–water partition coefficient (Wildman–Crippen LogP) is 5.73. The molecule has 0 aliphatic rings. The van der Waals surface area contributed by atoms with Gasteiger partial charge in [0.1, 0.15) is 5.69 Å². The Hall–Kier alpha value is -0.420. The van der Waals surface area contributed by atoms with E-state index in [-0.39, 0.29) is 10.5 Å². The van der Waals surface area contributed by atoms with Crippen molar-refractivity contribution in [2.75, 3.05) is 0 Å². The van der Waals surface area contributed by atoms with Gasteiger partial charge in [-0.3, -0.25) is 0 Å². The van der Waals surface area contributed by atoms with E-state index in [1.807, 2.05) is 0 Å². The predicted molar refractivity (Wildman–Crippen MR) is 71.0 cm³/mol. The summed E-state index contributed by atoms with van der Waals surface area (Å²) in [7, 11) is 0. The van der Waals surface area contributed by atoms with Crippen LogP contribution in [0.15, 0.2) is 24.3 Å². The maximum Gasteiger partial charge on any atom is 0.433 e. The molecule has 19 heavy (non-hydrogen) atoms. The normalized spacial score (nSPS) is 13.0. The topological polar surface area (TPSA) is 12.9 Å². The van der Waals surface area contributed by atoms with E-state index in [4.69, 9.17) is 46.4 Å². The first kappa shape index (κ1) is 15.0. The van der Waals surface area contributed by atoms with Crippen molar-refractivity contribution in [3.63, 3.8) is 0 Å². The van der Waals surface area contributed by atoms with E-state index in [1.54, 1.807) is 0 Å². The molecule has 0 N–H and O–H groups in total. The van der Waals surface area contributed by atoms with Gasteiger partial charge in [0.25, 0.3) is 0 Å². The molecule has 2 aromatic rings. The summed E-state index contributed by atoms with van der Waals surface area (Å²) >= 11 is 22.9. The summed E-state index contributed by atoms with van der Waals surface area (Å²) in [5.74, 6) is 0. The molecule has 1 aromatic heterocycles. The third-order valence-corrected chi connectivity index (χ3v) is 3.34. The Balaban J connectivity index is 2.67. The highest BCUT2D eigenvalue weighted by atomic mass is 35.6. The minimum absolute atomic E-state index is 0.0813. The molecule has 8 heteroatoms. The fraction of sp³-hybridized carbons (Fsp3) is 0.182. The minimum Gasteiger partial charge on any atom is -0.243 e. The number of hydrogen-bond donors (Lipinski definition) is 0. The van der Waals surface area contributed by atoms with Crippen LogP contribution in [0.4, 0.5) is 13.2 Å². The smallest absolute Gasteiger partial charge is 0.243 e. The van der Waals surface area contributed by atoms with E-state index >= 15 is 0 Å². The molecule has 1 nitrogen and oxygen atoms in total. The second kappa shape index (κ2) is 4.85. The third kappa shape index (κ3) is 3.19. The van der Waals surface area contributed by atoms with E-state index in [0.29, 0.717) is 10.9 Å². The van der Waals surface area contributed by atoms with E-state index in [9.17, 15) is 13.2 Å². The van der Waals surface area contributed by atoms with Gasteiger partial charge in [-0.1, -0.05) is 52.5 Å². The molecule has 0 aliphatic carbocycles. The van der Waals surface area contributed by atoms with Crippen molar-refractivity contribution in [2.45, 2.75) is 9.97 Å². The van der Waals surface area contributed by atoms with Gasteiger partial charge in [-0.25, -0.2) is 4.98 Å². The fourth-order valence-corrected chi connectivity index (χ4v) is 2.11. The van der Waals surface area contributed by atoms with Gasteiger partial charge in [0, 0.05) is 10.9 Å². The molecular weight excluding hydrogens is 345 g/mol. The second-order valence-corrected chi connectivity index (χ2v) is 6.41. The van der Waals surface area contributed by atoms with Crippen LogP contribution >= 0.6 is 46.4 Å². The maximum absolute atomic E-state index is 12.6. The number of halogens is 7. The lowest BCUT2D eigenvalue weighted by Crippen LogP contribution is -2.08. The van der Waals surface area contributed by atoms with Crippen LogP contribution in [0, 0.1) is 0 Å². The molecule has 0 saturated carbocycles. The molecule has 0 fully saturated rings. The molecule has 1 heterocycles. The van der Waals surface area contributed by atoms with Crippen molar-refractivity contribution in [3.8, 4) is 0 Å². The lowest BCUT2D eigenvalue weighted by Gasteiger charge is -2.13. The molecule has 0 amide bonds. The molecule has 0 saturated heterocycles. The minimum atomic E-state index is -4.56. The summed E-state index contributed by atoms with van der Waals surface area (Å²) in [6.45, 7) is 0. The van der Waals surface area contributed by atoms with E-state index in [2.05, 4.69) is 4.98 Å². The van der Waals surface area contributed by atoms with E-state index in [1.165, 1.54) is 18.2 Å². The van der Waals surface area contributed by atoms with E-state index < -0.39 is 15.7 Å². The van der Waals surface area contributed by atoms with E-state index in [0.717, 1.165) is 6.07 Å². The van der Waals surface area contributed by atoms with Crippen LogP contribution in [0.1, 0.15) is 11.3 Å². The van der Waals surface area contributed by atoms with Crippen LogP contribution in [0.25, 0.3) is 10.9 Å². The van der Waals surface area contributed by atoms with Crippen LogP contribution < -0.4 is 0 Å². The summed E-state index contributed by atoms with van der Waals surface area (Å²) in [5.41, 5.74) is -0.682. The molecule has 0 radical (unpaired) electrons. The van der Waals surface area contributed by atoms with Gasteiger partial charge in [0.05, 0.1) is 10.5 Å². The van der Waals surface area contributed by atoms with Crippen LogP contribution in [-0.2, 0) is 9.97 Å². The Morgan fingerprint density at radius 2 is 1.63 bits per heavy atom. The molecule has 0 atom stereocenters. The van der Waals surface area contributed by atoms with Crippen molar-refractivity contribution < 1.29 is 13.2 Å². The first-order valence-electron chi connectivity index (χ1n) is 4.84. The van der Waals surface area contributed by atoms with Crippen molar-refractivity contribution in [3.05, 3.63) is 40.5 Å². The Labute approximate surface area is 126 Å². The fourth-order valence-electron chi connectivity index (χ4n) is 1.51. The summed E-state index contributed by atoms with van der Waals surface area (Å²) < 4.78 is 36.1. The van der Waals surface area contributed by atoms with Gasteiger partial charge in [0.15, 0.2) is 0 Å². The highest BCUT2D eigenvalue weighted by molar-refractivity contribution is 6.66. The van der Waals surface area contributed by atoms with Crippen LogP contribution in [-0.4, -0.2) is 4.98 Å². The zero-order valence-corrected chi connectivity index (χ0v) is 11.9. The molecule has 0 spiro atoms. The largest absolute Gasteiger partial charge is 0.433 e. The van der Waals surface area contributed by atoms with Crippen molar-refractivity contribution in [1.29, 1.82) is 0 Å². The molecule has 0 bridgehead atoms. The van der Waals surface area contributed by atoms with Gasteiger partial charge in [-0.15, -0.1) is 0 Å². The lowest BCUT2D eigenvalue weighted by molar-refractivity contribution is -0.140. The second-order valence-electron chi connectivity index (χ2n) is 3.72. The van der Waals surface area contributed by atoms with Crippen LogP contribution in [0.3, 0.4) is 0 Å². The monoisotopic (exact) mass is 347 g/mol. The molecule has 102 valence electrons. The van der Waals surface area contributed by atoms with Crippen LogP contribution in [0.5, 0.6) is 0 Å². The summed E-state index contributed by atoms with van der Waals surface area (Å²) in [5, 5.41) is 0.187. The van der Waals surface area contributed by atoms with Crippen LogP contribution in [0.2, 0.25) is 5.02 Å². The van der Waals surface area contributed by atoms with Crippen molar-refractivity contribution in [2.24, 2.45) is 0 Å². The van der Waals surface area contributed by atoms with Gasteiger partial charge < -0.3 is 0 Å². The maximum atomic E-state index is 12.6. The first-order valence-corrected chi connectivity index (χ1v) is 6.35. The Kier molecular flexibility index (Phi) is 3.82. The number of fused-ring (bicyclic) bond motifs is 1. The summed E-state index contributed by atoms with van der Waals surface area (Å²) in [6, 6.07) is 4.86. The van der Waals surface area contributed by atoms with Gasteiger partial charge in [-0.2, -0.15) is 13.2 Å². The number of rotatable bonds is 0. The molecule has 0 unspecified atom stereocenters. The Morgan fingerprint density at radius 3 is 2.16 bits per heavy atom. The molecule has 2 rings (SSSR count). The first-order chi connectivity index (χ1) is 8.59. The number of aromatic nitrogens is 1. The van der Waals surface area contributed by atoms with Gasteiger partial charge in [0.2, 0.25) is 3.79 Å². The summed E-state index contributed by atoms with van der Waals surface area (Å²) in [4.78, 5) is 3.49.